The van der Waals surface area contributed by atoms with Crippen molar-refractivity contribution in [2.24, 2.45) is 5.92 Å². The van der Waals surface area contributed by atoms with Crippen LogP contribution in [-0.2, 0) is 14.3 Å². The van der Waals surface area contributed by atoms with Gasteiger partial charge in [-0.15, -0.1) is 0 Å². The van der Waals surface area contributed by atoms with Gasteiger partial charge < -0.3 is 14.3 Å². The van der Waals surface area contributed by atoms with Crippen LogP contribution in [-0.4, -0.2) is 41.3 Å². The van der Waals surface area contributed by atoms with E-state index in [0.29, 0.717) is 13.0 Å². The molecule has 0 saturated carbocycles. The molecular weight excluding hydrogens is 258 g/mol. The number of carbonyl (C=O) groups excluding carboxylic acids is 2. The van der Waals surface area contributed by atoms with Gasteiger partial charge in [-0.05, 0) is 47.0 Å². The molecular formula is C15H27NO4. The van der Waals surface area contributed by atoms with Crippen LogP contribution in [0.25, 0.3) is 0 Å². The Morgan fingerprint density at radius 2 is 2.10 bits per heavy atom. The molecule has 0 aromatic carbocycles. The summed E-state index contributed by atoms with van der Waals surface area (Å²) in [5.74, 6) is 0.256. The largest absolute Gasteiger partial charge is 0.444 e. The van der Waals surface area contributed by atoms with Crippen LogP contribution in [0.5, 0.6) is 0 Å². The molecule has 2 atom stereocenters. The highest BCUT2D eigenvalue weighted by Crippen LogP contribution is 2.31. The Bertz CT molecular complexity index is 359. The van der Waals surface area contributed by atoms with E-state index in [-0.39, 0.29) is 18.1 Å². The number of aldehydes is 1. The summed E-state index contributed by atoms with van der Waals surface area (Å²) in [4.78, 5) is 24.3. The number of carbonyl (C=O) groups is 2. The van der Waals surface area contributed by atoms with Gasteiger partial charge >= 0.3 is 6.09 Å². The van der Waals surface area contributed by atoms with Gasteiger partial charge in [-0.1, -0.05) is 6.92 Å². The predicted molar refractivity (Wildman–Crippen MR) is 76.4 cm³/mol. The zero-order chi connectivity index (χ0) is 15.6. The monoisotopic (exact) mass is 285 g/mol. The molecule has 0 bridgehead atoms. The van der Waals surface area contributed by atoms with E-state index in [9.17, 15) is 9.59 Å². The highest BCUT2D eigenvalue weighted by molar-refractivity contribution is 5.69. The van der Waals surface area contributed by atoms with Crippen LogP contribution >= 0.6 is 0 Å². The molecule has 1 aliphatic heterocycles. The first kappa shape index (κ1) is 17.0. The van der Waals surface area contributed by atoms with E-state index >= 15 is 0 Å². The first-order valence-electron chi connectivity index (χ1n) is 7.17. The Kier molecular flexibility index (Phi) is 5.19. The highest BCUT2D eigenvalue weighted by atomic mass is 16.6. The first-order chi connectivity index (χ1) is 9.05. The smallest absolute Gasteiger partial charge is 0.412 e. The number of amides is 1. The average molecular weight is 285 g/mol. The van der Waals surface area contributed by atoms with Crippen LogP contribution in [0.2, 0.25) is 0 Å². The van der Waals surface area contributed by atoms with Crippen molar-refractivity contribution in [2.45, 2.75) is 71.8 Å². The Hall–Kier alpha value is -1.10. The molecule has 5 nitrogen and oxygen atoms in total. The fourth-order valence-electron chi connectivity index (χ4n) is 2.38. The van der Waals surface area contributed by atoms with Crippen molar-refractivity contribution >= 4 is 12.4 Å². The van der Waals surface area contributed by atoms with E-state index in [2.05, 4.69) is 0 Å². The van der Waals surface area contributed by atoms with E-state index in [1.165, 1.54) is 0 Å². The molecule has 1 aliphatic rings. The fraction of sp³-hybridized carbons (Fsp3) is 0.867. The average Bonchev–Trinajstić information content (AvgIpc) is 2.50. The number of rotatable bonds is 4. The summed E-state index contributed by atoms with van der Waals surface area (Å²) in [5, 5.41) is 0. The summed E-state index contributed by atoms with van der Waals surface area (Å²) in [5.41, 5.74) is -1.19. The van der Waals surface area contributed by atoms with Gasteiger partial charge in [-0.25, -0.2) is 4.79 Å². The fourth-order valence-corrected chi connectivity index (χ4v) is 2.38. The van der Waals surface area contributed by atoms with Crippen LogP contribution < -0.4 is 0 Å². The lowest BCUT2D eigenvalue weighted by molar-refractivity contribution is -0.108. The summed E-state index contributed by atoms with van der Waals surface area (Å²) >= 11 is 0. The maximum atomic E-state index is 12.2. The number of ether oxygens (including phenoxy) is 2. The molecule has 1 amide bonds. The summed E-state index contributed by atoms with van der Waals surface area (Å²) in [7, 11) is 0. The second kappa shape index (κ2) is 6.12. The third kappa shape index (κ3) is 4.78. The number of hydrogen-bond acceptors (Lipinski definition) is 4. The normalized spacial score (nSPS) is 23.5. The van der Waals surface area contributed by atoms with Crippen molar-refractivity contribution in [3.05, 3.63) is 0 Å². The number of hydrogen-bond donors (Lipinski definition) is 0. The molecule has 1 rings (SSSR count). The van der Waals surface area contributed by atoms with Crippen LogP contribution in [0.3, 0.4) is 0 Å². The summed E-state index contributed by atoms with van der Waals surface area (Å²) < 4.78 is 11.3. The van der Waals surface area contributed by atoms with E-state index in [1.54, 1.807) is 4.90 Å². The van der Waals surface area contributed by atoms with E-state index in [4.69, 9.17) is 9.47 Å². The molecule has 0 aromatic heterocycles. The van der Waals surface area contributed by atoms with Gasteiger partial charge in [-0.2, -0.15) is 0 Å². The van der Waals surface area contributed by atoms with E-state index < -0.39 is 11.3 Å². The van der Waals surface area contributed by atoms with Crippen molar-refractivity contribution in [1.82, 2.24) is 4.90 Å². The third-order valence-corrected chi connectivity index (χ3v) is 3.27. The van der Waals surface area contributed by atoms with Crippen LogP contribution in [0.4, 0.5) is 4.79 Å². The lowest BCUT2D eigenvalue weighted by atomic mass is 10.0. The lowest BCUT2D eigenvalue weighted by Gasteiger charge is -2.31. The summed E-state index contributed by atoms with van der Waals surface area (Å²) in [6.45, 7) is 11.8. The van der Waals surface area contributed by atoms with Gasteiger partial charge in [0.15, 0.2) is 0 Å². The SMILES string of the molecule is C[C@H](CC=O)C[C@@H]1CN(C(=O)OC(C)(C)C)C(C)(C)O1. The Morgan fingerprint density at radius 3 is 2.60 bits per heavy atom. The second-order valence-corrected chi connectivity index (χ2v) is 7.02. The molecule has 0 unspecified atom stereocenters. The van der Waals surface area contributed by atoms with Gasteiger partial charge in [0.25, 0.3) is 0 Å². The quantitative estimate of drug-likeness (QED) is 0.745. The zero-order valence-corrected chi connectivity index (χ0v) is 13.4. The van der Waals surface area contributed by atoms with Crippen molar-refractivity contribution in [3.63, 3.8) is 0 Å². The molecule has 1 fully saturated rings. The minimum Gasteiger partial charge on any atom is -0.444 e. The molecule has 5 heteroatoms. The maximum absolute atomic E-state index is 12.2. The van der Waals surface area contributed by atoms with Gasteiger partial charge in [0, 0.05) is 6.42 Å². The molecule has 0 aromatic rings. The van der Waals surface area contributed by atoms with Gasteiger partial charge in [0.2, 0.25) is 0 Å². The van der Waals surface area contributed by atoms with E-state index in [1.807, 2.05) is 41.5 Å². The molecule has 20 heavy (non-hydrogen) atoms. The highest BCUT2D eigenvalue weighted by Gasteiger charge is 2.44. The molecule has 1 heterocycles. The first-order valence-corrected chi connectivity index (χ1v) is 7.17. The molecule has 116 valence electrons. The Labute approximate surface area is 121 Å². The summed E-state index contributed by atoms with van der Waals surface area (Å²) in [6.07, 6.45) is 1.81. The summed E-state index contributed by atoms with van der Waals surface area (Å²) in [6, 6.07) is 0. The van der Waals surface area contributed by atoms with Crippen LogP contribution in [0.15, 0.2) is 0 Å². The van der Waals surface area contributed by atoms with Crippen molar-refractivity contribution < 1.29 is 19.1 Å². The number of nitrogens with zero attached hydrogens (tertiary/aromatic N) is 1. The molecule has 1 saturated heterocycles. The standard InChI is InChI=1S/C15H27NO4/c1-11(7-8-17)9-12-10-16(15(5,6)19-12)13(18)20-14(2,3)4/h8,11-12H,7,9-10H2,1-6H3/t11-,12-/m1/s1. The van der Waals surface area contributed by atoms with Gasteiger partial charge in [0.1, 0.15) is 17.6 Å². The molecule has 0 aliphatic carbocycles. The van der Waals surface area contributed by atoms with Crippen molar-refractivity contribution in [2.75, 3.05) is 6.54 Å². The molecule has 0 spiro atoms. The van der Waals surface area contributed by atoms with Crippen LogP contribution in [0.1, 0.15) is 54.4 Å². The third-order valence-electron chi connectivity index (χ3n) is 3.27. The minimum atomic E-state index is -0.673. The van der Waals surface area contributed by atoms with Crippen molar-refractivity contribution in [3.8, 4) is 0 Å². The molecule has 0 radical (unpaired) electrons. The van der Waals surface area contributed by atoms with E-state index in [0.717, 1.165) is 12.7 Å². The Morgan fingerprint density at radius 1 is 1.50 bits per heavy atom. The zero-order valence-electron chi connectivity index (χ0n) is 13.4. The Balaban J connectivity index is 2.65. The van der Waals surface area contributed by atoms with Gasteiger partial charge in [-0.3, -0.25) is 4.90 Å². The van der Waals surface area contributed by atoms with Gasteiger partial charge in [0.05, 0.1) is 12.6 Å². The molecule has 0 N–H and O–H groups in total. The topological polar surface area (TPSA) is 55.8 Å². The van der Waals surface area contributed by atoms with Crippen molar-refractivity contribution in [1.29, 1.82) is 0 Å². The minimum absolute atomic E-state index is 0.0486. The second-order valence-electron chi connectivity index (χ2n) is 7.02. The van der Waals surface area contributed by atoms with Crippen LogP contribution in [0, 0.1) is 5.92 Å². The predicted octanol–water partition coefficient (Wildman–Crippen LogP) is 2.97. The maximum Gasteiger partial charge on any atom is 0.412 e. The lowest BCUT2D eigenvalue weighted by Crippen LogP contribution is -2.46.